The molecule has 1 saturated heterocycles. The summed E-state index contributed by atoms with van der Waals surface area (Å²) >= 11 is 0. The number of hydrogen-bond acceptors (Lipinski definition) is 3. The first kappa shape index (κ1) is 17.4. The Morgan fingerprint density at radius 2 is 1.70 bits per heavy atom. The average Bonchev–Trinajstić information content (AvgIpc) is 2.78. The lowest BCUT2D eigenvalue weighted by molar-refractivity contribution is 0.558. The van der Waals surface area contributed by atoms with Crippen molar-refractivity contribution in [1.82, 2.24) is 10.0 Å². The lowest BCUT2D eigenvalue weighted by Crippen LogP contribution is -2.37. The molecule has 114 valence electrons. The third-order valence-electron chi connectivity index (χ3n) is 3.95. The van der Waals surface area contributed by atoms with E-state index < -0.39 is 10.0 Å². The molecule has 1 fully saturated rings. The quantitative estimate of drug-likeness (QED) is 0.896. The Kier molecular flexibility index (Phi) is 5.61. The fourth-order valence-corrected chi connectivity index (χ4v) is 4.50. The number of sulfonamides is 1. The predicted molar refractivity (Wildman–Crippen MR) is 84.2 cm³/mol. The van der Waals surface area contributed by atoms with E-state index in [0.29, 0.717) is 11.4 Å². The highest BCUT2D eigenvalue weighted by molar-refractivity contribution is 7.89. The van der Waals surface area contributed by atoms with Crippen molar-refractivity contribution in [2.45, 2.75) is 45.1 Å². The Bertz CT molecular complexity index is 567. The molecule has 0 radical (unpaired) electrons. The monoisotopic (exact) mass is 318 g/mol. The van der Waals surface area contributed by atoms with Gasteiger partial charge in [0.15, 0.2) is 0 Å². The summed E-state index contributed by atoms with van der Waals surface area (Å²) < 4.78 is 28.0. The number of aryl methyl sites for hydroxylation is 2. The van der Waals surface area contributed by atoms with Crippen molar-refractivity contribution < 1.29 is 8.42 Å². The largest absolute Gasteiger partial charge is 0.315 e. The van der Waals surface area contributed by atoms with E-state index in [1.807, 2.05) is 33.8 Å². The van der Waals surface area contributed by atoms with Crippen LogP contribution in [-0.2, 0) is 10.0 Å². The number of hydrogen-bond donors (Lipinski definition) is 2. The lowest BCUT2D eigenvalue weighted by atomic mass is 10.0. The SMILES string of the molecule is Cc1cc(C)c(C)c(S(=O)(=O)NC2CCNC2)c1C.Cl. The third kappa shape index (κ3) is 3.34. The van der Waals surface area contributed by atoms with Crippen LogP contribution in [0.25, 0.3) is 0 Å². The van der Waals surface area contributed by atoms with Gasteiger partial charge in [0.2, 0.25) is 10.0 Å². The zero-order chi connectivity index (χ0) is 14.2. The summed E-state index contributed by atoms with van der Waals surface area (Å²) in [5.74, 6) is 0. The molecule has 1 aliphatic heterocycles. The van der Waals surface area contributed by atoms with Gasteiger partial charge in [0, 0.05) is 12.6 Å². The fraction of sp³-hybridized carbons (Fsp3) is 0.571. The summed E-state index contributed by atoms with van der Waals surface area (Å²) in [5.41, 5.74) is 3.74. The Morgan fingerprint density at radius 3 is 2.15 bits per heavy atom. The van der Waals surface area contributed by atoms with E-state index in [9.17, 15) is 8.42 Å². The topological polar surface area (TPSA) is 58.2 Å². The van der Waals surface area contributed by atoms with Crippen LogP contribution in [-0.4, -0.2) is 27.5 Å². The molecule has 6 heteroatoms. The highest BCUT2D eigenvalue weighted by atomic mass is 35.5. The second kappa shape index (κ2) is 6.43. The molecular weight excluding hydrogens is 296 g/mol. The van der Waals surface area contributed by atoms with Gasteiger partial charge in [0.05, 0.1) is 4.90 Å². The Balaban J connectivity index is 0.00000200. The molecule has 20 heavy (non-hydrogen) atoms. The van der Waals surface area contributed by atoms with Crippen LogP contribution in [0.3, 0.4) is 0 Å². The normalized spacial score (nSPS) is 18.9. The van der Waals surface area contributed by atoms with Gasteiger partial charge in [0.25, 0.3) is 0 Å². The number of benzene rings is 1. The van der Waals surface area contributed by atoms with E-state index in [1.54, 1.807) is 0 Å². The van der Waals surface area contributed by atoms with Crippen molar-refractivity contribution in [2.24, 2.45) is 0 Å². The van der Waals surface area contributed by atoms with Crippen LogP contribution < -0.4 is 10.0 Å². The predicted octanol–water partition coefficient (Wildman–Crippen LogP) is 1.98. The van der Waals surface area contributed by atoms with Crippen molar-refractivity contribution in [2.75, 3.05) is 13.1 Å². The van der Waals surface area contributed by atoms with Crippen molar-refractivity contribution in [3.05, 3.63) is 28.3 Å². The summed E-state index contributed by atoms with van der Waals surface area (Å²) in [6, 6.07) is 2.05. The zero-order valence-corrected chi connectivity index (χ0v) is 14.0. The van der Waals surface area contributed by atoms with E-state index in [-0.39, 0.29) is 18.4 Å². The minimum absolute atomic E-state index is 0. The smallest absolute Gasteiger partial charge is 0.241 e. The maximum absolute atomic E-state index is 12.6. The summed E-state index contributed by atoms with van der Waals surface area (Å²) in [6.45, 7) is 9.25. The minimum Gasteiger partial charge on any atom is -0.315 e. The van der Waals surface area contributed by atoms with Crippen LogP contribution in [0.1, 0.15) is 28.7 Å². The summed E-state index contributed by atoms with van der Waals surface area (Å²) in [5, 5.41) is 3.17. The Hall–Kier alpha value is -0.620. The summed E-state index contributed by atoms with van der Waals surface area (Å²) in [6.07, 6.45) is 0.849. The first-order valence-corrected chi connectivity index (χ1v) is 8.11. The molecule has 1 aliphatic rings. The van der Waals surface area contributed by atoms with Crippen LogP contribution in [0.15, 0.2) is 11.0 Å². The van der Waals surface area contributed by atoms with Gasteiger partial charge in [-0.25, -0.2) is 13.1 Å². The van der Waals surface area contributed by atoms with Gasteiger partial charge in [-0.3, -0.25) is 0 Å². The Labute approximate surface area is 127 Å². The van der Waals surface area contributed by atoms with Crippen molar-refractivity contribution in [3.63, 3.8) is 0 Å². The molecule has 1 heterocycles. The van der Waals surface area contributed by atoms with E-state index in [1.165, 1.54) is 0 Å². The van der Waals surface area contributed by atoms with Crippen molar-refractivity contribution in [1.29, 1.82) is 0 Å². The average molecular weight is 319 g/mol. The highest BCUT2D eigenvalue weighted by Crippen LogP contribution is 2.26. The fourth-order valence-electron chi connectivity index (χ4n) is 2.62. The molecule has 1 atom stereocenters. The molecule has 2 rings (SSSR count). The standard InChI is InChI=1S/C14H22N2O2S.ClH/c1-9-7-10(2)12(4)14(11(9)3)19(17,18)16-13-5-6-15-8-13;/h7,13,15-16H,5-6,8H2,1-4H3;1H. The van der Waals surface area contributed by atoms with E-state index in [0.717, 1.165) is 35.2 Å². The lowest BCUT2D eigenvalue weighted by Gasteiger charge is -2.18. The van der Waals surface area contributed by atoms with E-state index in [2.05, 4.69) is 10.0 Å². The van der Waals surface area contributed by atoms with Crippen LogP contribution >= 0.6 is 12.4 Å². The minimum atomic E-state index is -3.44. The number of rotatable bonds is 3. The highest BCUT2D eigenvalue weighted by Gasteiger charge is 2.26. The van der Waals surface area contributed by atoms with Crippen LogP contribution in [0.5, 0.6) is 0 Å². The first-order valence-electron chi connectivity index (χ1n) is 6.63. The van der Waals surface area contributed by atoms with Gasteiger partial charge < -0.3 is 5.32 Å². The van der Waals surface area contributed by atoms with Crippen molar-refractivity contribution in [3.8, 4) is 0 Å². The van der Waals surface area contributed by atoms with E-state index in [4.69, 9.17) is 0 Å². The summed E-state index contributed by atoms with van der Waals surface area (Å²) in [7, 11) is -3.44. The van der Waals surface area contributed by atoms with Gasteiger partial charge in [0.1, 0.15) is 0 Å². The van der Waals surface area contributed by atoms with Gasteiger partial charge in [-0.05, 0) is 62.9 Å². The molecule has 4 nitrogen and oxygen atoms in total. The number of nitrogens with one attached hydrogen (secondary N) is 2. The van der Waals surface area contributed by atoms with Crippen LogP contribution in [0, 0.1) is 27.7 Å². The van der Waals surface area contributed by atoms with Crippen LogP contribution in [0.2, 0.25) is 0 Å². The molecule has 2 N–H and O–H groups in total. The molecule has 1 aromatic rings. The molecule has 0 bridgehead atoms. The number of halogens is 1. The Morgan fingerprint density at radius 1 is 1.15 bits per heavy atom. The zero-order valence-electron chi connectivity index (χ0n) is 12.4. The second-order valence-electron chi connectivity index (χ2n) is 5.40. The summed E-state index contributed by atoms with van der Waals surface area (Å²) in [4.78, 5) is 0.455. The first-order chi connectivity index (χ1) is 8.83. The van der Waals surface area contributed by atoms with Crippen molar-refractivity contribution >= 4 is 22.4 Å². The molecule has 0 aromatic heterocycles. The molecule has 0 saturated carbocycles. The van der Waals surface area contributed by atoms with Gasteiger partial charge >= 0.3 is 0 Å². The molecule has 0 spiro atoms. The second-order valence-corrected chi connectivity index (χ2v) is 7.05. The maximum Gasteiger partial charge on any atom is 0.241 e. The molecular formula is C14H23ClN2O2S. The third-order valence-corrected chi connectivity index (χ3v) is 5.74. The van der Waals surface area contributed by atoms with Crippen LogP contribution in [0.4, 0.5) is 0 Å². The molecule has 0 amide bonds. The van der Waals surface area contributed by atoms with Gasteiger partial charge in [-0.15, -0.1) is 12.4 Å². The molecule has 1 aromatic carbocycles. The molecule has 1 unspecified atom stereocenters. The van der Waals surface area contributed by atoms with Gasteiger partial charge in [-0.1, -0.05) is 6.07 Å². The van der Waals surface area contributed by atoms with E-state index >= 15 is 0 Å². The maximum atomic E-state index is 12.6. The molecule has 0 aliphatic carbocycles. The van der Waals surface area contributed by atoms with Gasteiger partial charge in [-0.2, -0.15) is 0 Å².